The van der Waals surface area contributed by atoms with Crippen LogP contribution < -0.4 is 0 Å². The van der Waals surface area contributed by atoms with Crippen LogP contribution in [0.4, 0.5) is 0 Å². The molecular formula is C41H24N4. The molecule has 0 atom stereocenters. The summed E-state index contributed by atoms with van der Waals surface area (Å²) in [6.45, 7) is 0. The minimum Gasteiger partial charge on any atom is -0.278 e. The number of hydrogen-bond donors (Lipinski definition) is 0. The summed E-state index contributed by atoms with van der Waals surface area (Å²) in [6.07, 6.45) is 0. The van der Waals surface area contributed by atoms with Gasteiger partial charge in [0.1, 0.15) is 0 Å². The molecule has 4 nitrogen and oxygen atoms in total. The second kappa shape index (κ2) is 9.18. The Morgan fingerprint density at radius 3 is 1.53 bits per heavy atom. The second-order valence-electron chi connectivity index (χ2n) is 11.6. The predicted molar refractivity (Wildman–Crippen MR) is 184 cm³/mol. The Hall–Kier alpha value is -6.13. The maximum Gasteiger partial charge on any atom is 0.238 e. The SMILES string of the molecule is c1ccc(-c2nc(-c3ccccc3)nc(-n3c4cccc5c4c4c(cccc43)-c3cc4ccccc4c4cccc-5c34)n2)cc1. The standard InChI is InChI=1S/C41H24N4/c1-3-12-25(13-4-1)39-42-40(26-14-5-2-6-15-26)44-41(43-39)45-34-22-10-20-31-30-19-9-18-29-28-17-8-7-16-27(28)24-33(36(29)30)32-21-11-23-35(45)38(32)37(31)34/h1-24H. The van der Waals surface area contributed by atoms with Crippen molar-refractivity contribution in [3.05, 3.63) is 146 Å². The van der Waals surface area contributed by atoms with Gasteiger partial charge in [0, 0.05) is 21.9 Å². The molecule has 9 aromatic rings. The van der Waals surface area contributed by atoms with Crippen molar-refractivity contribution in [1.82, 2.24) is 19.5 Å². The van der Waals surface area contributed by atoms with Crippen molar-refractivity contribution < 1.29 is 0 Å². The molecule has 0 amide bonds. The molecule has 0 spiro atoms. The number of benzene rings is 7. The van der Waals surface area contributed by atoms with E-state index in [-0.39, 0.29) is 0 Å². The topological polar surface area (TPSA) is 43.6 Å². The van der Waals surface area contributed by atoms with Crippen molar-refractivity contribution in [1.29, 1.82) is 0 Å². The molecule has 45 heavy (non-hydrogen) atoms. The zero-order valence-corrected chi connectivity index (χ0v) is 24.1. The van der Waals surface area contributed by atoms with Gasteiger partial charge in [-0.2, -0.15) is 9.97 Å². The van der Waals surface area contributed by atoms with E-state index in [1.165, 1.54) is 54.6 Å². The van der Waals surface area contributed by atoms with Crippen LogP contribution in [0.25, 0.3) is 94.3 Å². The van der Waals surface area contributed by atoms with Crippen molar-refractivity contribution >= 4 is 43.4 Å². The Bertz CT molecular complexity index is 2580. The molecule has 4 heteroatoms. The van der Waals surface area contributed by atoms with E-state index in [0.29, 0.717) is 17.6 Å². The number of nitrogens with zero attached hydrogens (tertiary/aromatic N) is 4. The number of hydrogen-bond acceptors (Lipinski definition) is 3. The van der Waals surface area contributed by atoms with Gasteiger partial charge in [0.25, 0.3) is 0 Å². The minimum atomic E-state index is 0.606. The summed E-state index contributed by atoms with van der Waals surface area (Å²) in [5.41, 5.74) is 9.02. The molecule has 208 valence electrons. The Labute approximate surface area is 258 Å². The molecule has 10 rings (SSSR count). The zero-order valence-electron chi connectivity index (χ0n) is 24.1. The molecule has 0 aliphatic heterocycles. The molecule has 2 heterocycles. The lowest BCUT2D eigenvalue weighted by Gasteiger charge is -2.15. The molecule has 0 bridgehead atoms. The van der Waals surface area contributed by atoms with Crippen molar-refractivity contribution in [3.8, 4) is 51.0 Å². The molecule has 0 unspecified atom stereocenters. The average Bonchev–Trinajstić information content (AvgIpc) is 3.40. The molecule has 0 N–H and O–H groups in total. The minimum absolute atomic E-state index is 0.606. The monoisotopic (exact) mass is 572 g/mol. The zero-order chi connectivity index (χ0) is 29.5. The first-order chi connectivity index (χ1) is 22.3. The van der Waals surface area contributed by atoms with Crippen LogP contribution in [-0.4, -0.2) is 19.5 Å². The summed E-state index contributed by atoms with van der Waals surface area (Å²) >= 11 is 0. The van der Waals surface area contributed by atoms with Gasteiger partial charge in [0.2, 0.25) is 5.95 Å². The summed E-state index contributed by atoms with van der Waals surface area (Å²) in [6, 6.07) is 51.4. The highest BCUT2D eigenvalue weighted by molar-refractivity contribution is 6.29. The number of rotatable bonds is 3. The summed E-state index contributed by atoms with van der Waals surface area (Å²) in [7, 11) is 0. The van der Waals surface area contributed by atoms with Gasteiger partial charge in [-0.25, -0.2) is 4.98 Å². The van der Waals surface area contributed by atoms with Crippen LogP contribution in [-0.2, 0) is 0 Å². The van der Waals surface area contributed by atoms with Gasteiger partial charge in [-0.3, -0.25) is 4.57 Å². The van der Waals surface area contributed by atoms with Gasteiger partial charge >= 0.3 is 0 Å². The lowest BCUT2D eigenvalue weighted by molar-refractivity contribution is 0.953. The van der Waals surface area contributed by atoms with E-state index in [9.17, 15) is 0 Å². The molecule has 2 aromatic heterocycles. The highest BCUT2D eigenvalue weighted by Crippen LogP contribution is 2.50. The Kier molecular flexibility index (Phi) is 4.96. The first-order valence-electron chi connectivity index (χ1n) is 15.2. The molecule has 1 aliphatic rings. The lowest BCUT2D eigenvalue weighted by atomic mass is 9.90. The largest absolute Gasteiger partial charge is 0.278 e. The highest BCUT2D eigenvalue weighted by atomic mass is 15.2. The Morgan fingerprint density at radius 1 is 0.378 bits per heavy atom. The van der Waals surface area contributed by atoms with Gasteiger partial charge in [0.15, 0.2) is 11.6 Å². The fraction of sp³-hybridized carbons (Fsp3) is 0. The number of aromatic nitrogens is 4. The molecule has 1 aliphatic carbocycles. The molecule has 7 aromatic carbocycles. The van der Waals surface area contributed by atoms with Crippen molar-refractivity contribution in [2.24, 2.45) is 0 Å². The van der Waals surface area contributed by atoms with Crippen LogP contribution >= 0.6 is 0 Å². The average molecular weight is 573 g/mol. The molecule has 0 saturated heterocycles. The van der Waals surface area contributed by atoms with Crippen LogP contribution in [0.3, 0.4) is 0 Å². The molecule has 0 saturated carbocycles. The van der Waals surface area contributed by atoms with E-state index < -0.39 is 0 Å². The molecule has 0 fully saturated rings. The lowest BCUT2D eigenvalue weighted by Crippen LogP contribution is -2.06. The van der Waals surface area contributed by atoms with Crippen molar-refractivity contribution in [2.75, 3.05) is 0 Å². The Morgan fingerprint density at radius 2 is 0.889 bits per heavy atom. The van der Waals surface area contributed by atoms with Gasteiger partial charge < -0.3 is 0 Å². The maximum absolute atomic E-state index is 5.14. The van der Waals surface area contributed by atoms with E-state index in [2.05, 4.69) is 114 Å². The summed E-state index contributed by atoms with van der Waals surface area (Å²) in [5.74, 6) is 1.90. The highest BCUT2D eigenvalue weighted by Gasteiger charge is 2.26. The van der Waals surface area contributed by atoms with Gasteiger partial charge in [0.05, 0.1) is 11.0 Å². The van der Waals surface area contributed by atoms with Gasteiger partial charge in [-0.15, -0.1) is 0 Å². The van der Waals surface area contributed by atoms with E-state index in [1.807, 2.05) is 36.4 Å². The summed E-state index contributed by atoms with van der Waals surface area (Å²) in [4.78, 5) is 15.2. The summed E-state index contributed by atoms with van der Waals surface area (Å²) in [5, 5.41) is 7.55. The number of fused-ring (bicyclic) bond motifs is 4. The van der Waals surface area contributed by atoms with Crippen molar-refractivity contribution in [3.63, 3.8) is 0 Å². The first kappa shape index (κ1) is 24.3. The molecule has 0 radical (unpaired) electrons. The van der Waals surface area contributed by atoms with Gasteiger partial charge in [-0.1, -0.05) is 127 Å². The first-order valence-corrected chi connectivity index (χ1v) is 15.2. The quantitative estimate of drug-likeness (QED) is 0.198. The van der Waals surface area contributed by atoms with Crippen LogP contribution in [0.2, 0.25) is 0 Å². The smallest absolute Gasteiger partial charge is 0.238 e. The van der Waals surface area contributed by atoms with E-state index >= 15 is 0 Å². The van der Waals surface area contributed by atoms with E-state index in [0.717, 1.165) is 22.2 Å². The van der Waals surface area contributed by atoms with Gasteiger partial charge in [-0.05, 0) is 62.0 Å². The Balaban J connectivity index is 1.35. The van der Waals surface area contributed by atoms with Crippen LogP contribution in [0.1, 0.15) is 0 Å². The summed E-state index contributed by atoms with van der Waals surface area (Å²) < 4.78 is 2.23. The third-order valence-corrected chi connectivity index (χ3v) is 9.17. The molecular weight excluding hydrogens is 548 g/mol. The fourth-order valence-corrected chi connectivity index (χ4v) is 7.27. The predicted octanol–water partition coefficient (Wildman–Crippen LogP) is 10.3. The van der Waals surface area contributed by atoms with E-state index in [1.54, 1.807) is 0 Å². The van der Waals surface area contributed by atoms with E-state index in [4.69, 9.17) is 15.0 Å². The van der Waals surface area contributed by atoms with Crippen molar-refractivity contribution in [2.45, 2.75) is 0 Å². The second-order valence-corrected chi connectivity index (χ2v) is 11.6. The van der Waals surface area contributed by atoms with Crippen LogP contribution in [0.15, 0.2) is 146 Å². The van der Waals surface area contributed by atoms with Crippen LogP contribution in [0, 0.1) is 0 Å². The third-order valence-electron chi connectivity index (χ3n) is 9.17. The maximum atomic E-state index is 5.14. The fourth-order valence-electron chi connectivity index (χ4n) is 7.27. The third kappa shape index (κ3) is 3.45. The van der Waals surface area contributed by atoms with Crippen LogP contribution in [0.5, 0.6) is 0 Å². The normalized spacial score (nSPS) is 12.0.